The first-order valence-electron chi connectivity index (χ1n) is 5.18. The molecule has 1 aliphatic heterocycles. The molecule has 0 atom stereocenters. The van der Waals surface area contributed by atoms with Gasteiger partial charge in [0.25, 0.3) is 6.02 Å². The molecule has 1 aliphatic rings. The van der Waals surface area contributed by atoms with Crippen LogP contribution in [0, 0.1) is 6.92 Å². The number of hydrogen-bond donors (Lipinski definition) is 2. The van der Waals surface area contributed by atoms with E-state index in [1.165, 1.54) is 0 Å². The number of benzene rings is 1. The second kappa shape index (κ2) is 5.05. The highest BCUT2D eigenvalue weighted by Crippen LogP contribution is 2.19. The molecule has 0 aliphatic carbocycles. The van der Waals surface area contributed by atoms with Crippen LogP contribution < -0.4 is 10.6 Å². The van der Waals surface area contributed by atoms with Gasteiger partial charge in [-0.1, -0.05) is 11.6 Å². The zero-order valence-electron chi connectivity index (χ0n) is 9.29. The monoisotopic (exact) mass is 253 g/mol. The summed E-state index contributed by atoms with van der Waals surface area (Å²) < 4.78 is 4.96. The summed E-state index contributed by atoms with van der Waals surface area (Å²) in [5.41, 5.74) is 1.54. The molecule has 0 spiro atoms. The molecule has 2 N–H and O–H groups in total. The first kappa shape index (κ1) is 11.7. The smallest absolute Gasteiger partial charge is 0.376 e. The summed E-state index contributed by atoms with van der Waals surface area (Å²) in [4.78, 5) is 15.5. The van der Waals surface area contributed by atoms with E-state index in [2.05, 4.69) is 15.6 Å². The van der Waals surface area contributed by atoms with Gasteiger partial charge < -0.3 is 10.1 Å². The predicted molar refractivity (Wildman–Crippen MR) is 66.6 cm³/mol. The third-order valence-electron chi connectivity index (χ3n) is 2.26. The average molecular weight is 254 g/mol. The van der Waals surface area contributed by atoms with E-state index in [-0.39, 0.29) is 6.02 Å². The molecule has 17 heavy (non-hydrogen) atoms. The lowest BCUT2D eigenvalue weighted by molar-refractivity contribution is 0.210. The molecule has 1 aromatic rings. The Labute approximate surface area is 104 Å². The van der Waals surface area contributed by atoms with Crippen LogP contribution >= 0.6 is 11.6 Å². The first-order valence-corrected chi connectivity index (χ1v) is 5.56. The van der Waals surface area contributed by atoms with Crippen molar-refractivity contribution in [1.82, 2.24) is 5.32 Å². The zero-order valence-corrected chi connectivity index (χ0v) is 10.0. The summed E-state index contributed by atoms with van der Waals surface area (Å²) >= 11 is 5.82. The number of nitrogens with zero attached hydrogens (tertiary/aromatic N) is 1. The van der Waals surface area contributed by atoms with E-state index in [9.17, 15) is 4.79 Å². The lowest BCUT2D eigenvalue weighted by Crippen LogP contribution is -2.27. The van der Waals surface area contributed by atoms with Gasteiger partial charge in [-0.2, -0.15) is 0 Å². The fourth-order valence-corrected chi connectivity index (χ4v) is 1.66. The van der Waals surface area contributed by atoms with Gasteiger partial charge in [-0.05, 0) is 30.7 Å². The van der Waals surface area contributed by atoms with Gasteiger partial charge in [0.2, 0.25) is 0 Å². The third-order valence-corrected chi connectivity index (χ3v) is 2.49. The number of nitrogens with one attached hydrogen (secondary N) is 2. The van der Waals surface area contributed by atoms with Crippen molar-refractivity contribution in [2.24, 2.45) is 4.99 Å². The minimum absolute atomic E-state index is 0.258. The molecule has 90 valence electrons. The number of carbonyl (C=O) groups is 1. The Morgan fingerprint density at radius 1 is 1.59 bits per heavy atom. The van der Waals surface area contributed by atoms with Crippen molar-refractivity contribution in [1.29, 1.82) is 0 Å². The standard InChI is InChI=1S/C11H12ClN3O2/c1-7-6-8(12)2-3-9(7)15-11(16)17-10-13-4-5-14-10/h2-3,6H,4-5H2,1H3,(H,13,14)(H,15,16). The van der Waals surface area contributed by atoms with Crippen molar-refractivity contribution < 1.29 is 9.53 Å². The van der Waals surface area contributed by atoms with E-state index in [4.69, 9.17) is 16.3 Å². The number of amidine groups is 1. The molecule has 0 saturated carbocycles. The number of hydrogen-bond acceptors (Lipinski definition) is 4. The van der Waals surface area contributed by atoms with Crippen LogP contribution in [-0.2, 0) is 4.74 Å². The molecule has 0 radical (unpaired) electrons. The van der Waals surface area contributed by atoms with Crippen LogP contribution in [0.5, 0.6) is 0 Å². The van der Waals surface area contributed by atoms with Crippen LogP contribution in [0.25, 0.3) is 0 Å². The van der Waals surface area contributed by atoms with Crippen LogP contribution in [-0.4, -0.2) is 25.2 Å². The molecule has 0 unspecified atom stereocenters. The van der Waals surface area contributed by atoms with Crippen molar-refractivity contribution in [2.75, 3.05) is 18.4 Å². The highest BCUT2D eigenvalue weighted by Gasteiger charge is 2.12. The molecule has 2 rings (SSSR count). The second-order valence-corrected chi connectivity index (χ2v) is 4.02. The second-order valence-electron chi connectivity index (χ2n) is 3.59. The quantitative estimate of drug-likeness (QED) is 0.806. The first-order chi connectivity index (χ1) is 8.15. The van der Waals surface area contributed by atoms with Gasteiger partial charge in [0.05, 0.1) is 6.54 Å². The van der Waals surface area contributed by atoms with Crippen molar-refractivity contribution in [3.05, 3.63) is 28.8 Å². The molecular weight excluding hydrogens is 242 g/mol. The Balaban J connectivity index is 1.98. The summed E-state index contributed by atoms with van der Waals surface area (Å²) in [6.45, 7) is 3.18. The Kier molecular flexibility index (Phi) is 3.49. The predicted octanol–water partition coefficient (Wildman–Crippen LogP) is 2.16. The van der Waals surface area contributed by atoms with E-state index >= 15 is 0 Å². The van der Waals surface area contributed by atoms with E-state index in [0.29, 0.717) is 23.8 Å². The van der Waals surface area contributed by atoms with E-state index in [1.54, 1.807) is 18.2 Å². The number of ether oxygens (including phenoxy) is 1. The summed E-state index contributed by atoms with van der Waals surface area (Å²) in [6, 6.07) is 5.45. The maximum atomic E-state index is 11.5. The van der Waals surface area contributed by atoms with Crippen LogP contribution in [0.1, 0.15) is 5.56 Å². The van der Waals surface area contributed by atoms with Gasteiger partial charge in [-0.25, -0.2) is 9.79 Å². The largest absolute Gasteiger partial charge is 0.419 e. The molecule has 0 aromatic heterocycles. The number of aliphatic imine (C=N–C) groups is 1. The van der Waals surface area contributed by atoms with E-state index in [1.807, 2.05) is 6.92 Å². The minimum Gasteiger partial charge on any atom is -0.376 e. The van der Waals surface area contributed by atoms with Crippen molar-refractivity contribution in [3.63, 3.8) is 0 Å². The van der Waals surface area contributed by atoms with Gasteiger partial charge in [-0.15, -0.1) is 0 Å². The topological polar surface area (TPSA) is 62.7 Å². The van der Waals surface area contributed by atoms with Crippen molar-refractivity contribution >= 4 is 29.4 Å². The normalized spacial score (nSPS) is 13.9. The van der Waals surface area contributed by atoms with Gasteiger partial charge in [-0.3, -0.25) is 5.32 Å². The molecule has 1 aromatic carbocycles. The fourth-order valence-electron chi connectivity index (χ4n) is 1.44. The van der Waals surface area contributed by atoms with Crippen LogP contribution in [0.3, 0.4) is 0 Å². The highest BCUT2D eigenvalue weighted by atomic mass is 35.5. The fraction of sp³-hybridized carbons (Fsp3) is 0.273. The number of amides is 1. The molecular formula is C11H12ClN3O2. The average Bonchev–Trinajstić information content (AvgIpc) is 2.75. The minimum atomic E-state index is -0.566. The summed E-state index contributed by atoms with van der Waals surface area (Å²) in [6.07, 6.45) is -0.566. The molecule has 1 heterocycles. The van der Waals surface area contributed by atoms with Gasteiger partial charge in [0.15, 0.2) is 0 Å². The Morgan fingerprint density at radius 3 is 3.06 bits per heavy atom. The summed E-state index contributed by atoms with van der Waals surface area (Å²) in [5.74, 6) is 0. The van der Waals surface area contributed by atoms with Crippen LogP contribution in [0.4, 0.5) is 10.5 Å². The molecule has 6 heteroatoms. The lowest BCUT2D eigenvalue weighted by Gasteiger charge is -2.08. The zero-order chi connectivity index (χ0) is 12.3. The molecule has 0 bridgehead atoms. The summed E-state index contributed by atoms with van der Waals surface area (Å²) in [5, 5.41) is 6.09. The maximum Gasteiger partial charge on any atom is 0.419 e. The maximum absolute atomic E-state index is 11.5. The van der Waals surface area contributed by atoms with Crippen molar-refractivity contribution in [2.45, 2.75) is 6.92 Å². The molecule has 0 fully saturated rings. The van der Waals surface area contributed by atoms with Gasteiger partial charge >= 0.3 is 6.09 Å². The number of carbonyl (C=O) groups excluding carboxylic acids is 1. The van der Waals surface area contributed by atoms with Gasteiger partial charge in [0, 0.05) is 17.3 Å². The Bertz CT molecular complexity index is 474. The number of aryl methyl sites for hydroxylation is 1. The highest BCUT2D eigenvalue weighted by molar-refractivity contribution is 6.30. The van der Waals surface area contributed by atoms with Gasteiger partial charge in [0.1, 0.15) is 0 Å². The number of anilines is 1. The lowest BCUT2D eigenvalue weighted by atomic mass is 10.2. The summed E-state index contributed by atoms with van der Waals surface area (Å²) in [7, 11) is 0. The Hall–Kier alpha value is -1.75. The molecule has 1 amide bonds. The third kappa shape index (κ3) is 3.10. The van der Waals surface area contributed by atoms with Crippen LogP contribution in [0.15, 0.2) is 23.2 Å². The van der Waals surface area contributed by atoms with Crippen molar-refractivity contribution in [3.8, 4) is 0 Å². The molecule has 5 nitrogen and oxygen atoms in total. The number of halogens is 1. The molecule has 0 saturated heterocycles. The van der Waals surface area contributed by atoms with E-state index < -0.39 is 6.09 Å². The Morgan fingerprint density at radius 2 is 2.41 bits per heavy atom. The SMILES string of the molecule is Cc1cc(Cl)ccc1NC(=O)OC1=NCCN1. The number of rotatable bonds is 1. The van der Waals surface area contributed by atoms with E-state index in [0.717, 1.165) is 5.56 Å². The van der Waals surface area contributed by atoms with Crippen LogP contribution in [0.2, 0.25) is 5.02 Å².